The minimum Gasteiger partial charge on any atom is -0.393 e. The van der Waals surface area contributed by atoms with Crippen molar-refractivity contribution in [2.24, 2.45) is 11.8 Å². The van der Waals surface area contributed by atoms with Crippen molar-refractivity contribution in [1.82, 2.24) is 0 Å². The lowest BCUT2D eigenvalue weighted by atomic mass is 9.87. The molecule has 1 saturated carbocycles. The average Bonchev–Trinajstić information content (AvgIpc) is 2.37. The molecule has 70 valence electrons. The van der Waals surface area contributed by atoms with Gasteiger partial charge in [0.2, 0.25) is 0 Å². The van der Waals surface area contributed by atoms with E-state index in [1.54, 1.807) is 0 Å². The summed E-state index contributed by atoms with van der Waals surface area (Å²) in [5, 5.41) is 9.78. The molecule has 0 radical (unpaired) electrons. The van der Waals surface area contributed by atoms with Gasteiger partial charge in [0.25, 0.3) is 0 Å². The Labute approximate surface area is 73.9 Å². The second kappa shape index (κ2) is 2.46. The van der Waals surface area contributed by atoms with Gasteiger partial charge in [0.05, 0.1) is 17.8 Å². The number of hydrogen-bond donors (Lipinski definition) is 1. The van der Waals surface area contributed by atoms with E-state index in [2.05, 4.69) is 20.8 Å². The van der Waals surface area contributed by atoms with Crippen molar-refractivity contribution in [2.45, 2.75) is 51.4 Å². The van der Waals surface area contributed by atoms with E-state index in [4.69, 9.17) is 4.74 Å². The normalized spacial score (nSPS) is 58.0. The summed E-state index contributed by atoms with van der Waals surface area (Å²) >= 11 is 0. The summed E-state index contributed by atoms with van der Waals surface area (Å²) < 4.78 is 5.92. The summed E-state index contributed by atoms with van der Waals surface area (Å²) in [4.78, 5) is 0. The maximum absolute atomic E-state index is 9.78. The molecule has 0 aromatic rings. The molecule has 2 fully saturated rings. The fraction of sp³-hybridized carbons (Fsp3) is 1.00. The van der Waals surface area contributed by atoms with Crippen molar-refractivity contribution in [3.63, 3.8) is 0 Å². The molecule has 2 heteroatoms. The standard InChI is InChI=1S/C10H18O2/c1-4-10-5-8(11)9(6(10)2)7(3)12-10/h6-9,11H,4-5H2,1-3H3/t6-,7+,8?,9-,10-/m1/s1. The molecule has 12 heavy (non-hydrogen) atoms. The molecule has 2 rings (SSSR count). The third-order valence-electron chi connectivity index (χ3n) is 3.97. The van der Waals surface area contributed by atoms with Gasteiger partial charge < -0.3 is 9.84 Å². The zero-order chi connectivity index (χ0) is 8.93. The van der Waals surface area contributed by atoms with Crippen LogP contribution in [-0.4, -0.2) is 22.9 Å². The van der Waals surface area contributed by atoms with Crippen molar-refractivity contribution in [2.75, 3.05) is 0 Å². The molecule has 1 saturated heterocycles. The lowest BCUT2D eigenvalue weighted by Crippen LogP contribution is -2.36. The highest BCUT2D eigenvalue weighted by molar-refractivity contribution is 5.07. The summed E-state index contributed by atoms with van der Waals surface area (Å²) in [5.74, 6) is 0.914. The van der Waals surface area contributed by atoms with E-state index in [1.807, 2.05) is 0 Å². The molecule has 0 aromatic carbocycles. The monoisotopic (exact) mass is 170 g/mol. The number of rotatable bonds is 1. The lowest BCUT2D eigenvalue weighted by Gasteiger charge is -2.31. The van der Waals surface area contributed by atoms with Gasteiger partial charge in [-0.2, -0.15) is 0 Å². The molecule has 5 atom stereocenters. The third-order valence-corrected chi connectivity index (χ3v) is 3.97. The number of aliphatic hydroxyl groups is 1. The Balaban J connectivity index is 2.28. The minimum atomic E-state index is -0.122. The van der Waals surface area contributed by atoms with E-state index in [9.17, 15) is 5.11 Å². The molecule has 1 heterocycles. The Morgan fingerprint density at radius 2 is 2.17 bits per heavy atom. The molecule has 1 unspecified atom stereocenters. The van der Waals surface area contributed by atoms with Crippen LogP contribution in [0.25, 0.3) is 0 Å². The van der Waals surface area contributed by atoms with Crippen molar-refractivity contribution >= 4 is 0 Å². The Kier molecular flexibility index (Phi) is 1.74. The Morgan fingerprint density at radius 3 is 2.50 bits per heavy atom. The molecular formula is C10H18O2. The first-order valence-electron chi connectivity index (χ1n) is 4.96. The van der Waals surface area contributed by atoms with Crippen LogP contribution in [-0.2, 0) is 4.74 Å². The maximum atomic E-state index is 9.78. The van der Waals surface area contributed by atoms with Crippen LogP contribution < -0.4 is 0 Å². The SMILES string of the molecule is CC[C@]12CC(O)[C@@H]([C@H](C)O1)[C@H]2C. The molecule has 1 aliphatic carbocycles. The molecular weight excluding hydrogens is 152 g/mol. The van der Waals surface area contributed by atoms with Gasteiger partial charge in [-0.05, 0) is 19.3 Å². The lowest BCUT2D eigenvalue weighted by molar-refractivity contribution is -0.104. The number of aliphatic hydroxyl groups excluding tert-OH is 1. The van der Waals surface area contributed by atoms with E-state index < -0.39 is 0 Å². The summed E-state index contributed by atoms with van der Waals surface area (Å²) in [5.41, 5.74) is 0.00347. The average molecular weight is 170 g/mol. The molecule has 2 bridgehead atoms. The van der Waals surface area contributed by atoms with E-state index >= 15 is 0 Å². The van der Waals surface area contributed by atoms with Gasteiger partial charge in [-0.3, -0.25) is 0 Å². The molecule has 1 N–H and O–H groups in total. The van der Waals surface area contributed by atoms with Crippen molar-refractivity contribution in [1.29, 1.82) is 0 Å². The maximum Gasteiger partial charge on any atom is 0.0738 e. The minimum absolute atomic E-state index is 0.00347. The van der Waals surface area contributed by atoms with Gasteiger partial charge in [0.15, 0.2) is 0 Å². The van der Waals surface area contributed by atoms with Crippen molar-refractivity contribution in [3.8, 4) is 0 Å². The molecule has 0 spiro atoms. The first-order chi connectivity index (χ1) is 5.60. The second-order valence-corrected chi connectivity index (χ2v) is 4.38. The van der Waals surface area contributed by atoms with Crippen molar-refractivity contribution < 1.29 is 9.84 Å². The van der Waals surface area contributed by atoms with Gasteiger partial charge in [-0.25, -0.2) is 0 Å². The topological polar surface area (TPSA) is 29.5 Å². The number of ether oxygens (including phenoxy) is 1. The number of hydrogen-bond acceptors (Lipinski definition) is 2. The Morgan fingerprint density at radius 1 is 1.50 bits per heavy atom. The van der Waals surface area contributed by atoms with Crippen molar-refractivity contribution in [3.05, 3.63) is 0 Å². The molecule has 1 aliphatic heterocycles. The largest absolute Gasteiger partial charge is 0.393 e. The zero-order valence-electron chi connectivity index (χ0n) is 8.08. The van der Waals surface area contributed by atoms with Gasteiger partial charge in [-0.15, -0.1) is 0 Å². The molecule has 2 aliphatic rings. The number of fused-ring (bicyclic) bond motifs is 2. The smallest absolute Gasteiger partial charge is 0.0738 e. The highest BCUT2D eigenvalue weighted by Crippen LogP contribution is 2.53. The van der Waals surface area contributed by atoms with Gasteiger partial charge in [0.1, 0.15) is 0 Å². The predicted molar refractivity (Wildman–Crippen MR) is 46.8 cm³/mol. The highest BCUT2D eigenvalue weighted by Gasteiger charge is 2.59. The van der Waals surface area contributed by atoms with E-state index in [1.165, 1.54) is 0 Å². The fourth-order valence-corrected chi connectivity index (χ4v) is 3.23. The molecule has 2 nitrogen and oxygen atoms in total. The summed E-state index contributed by atoms with van der Waals surface area (Å²) in [6.07, 6.45) is 2.01. The third kappa shape index (κ3) is 0.826. The van der Waals surface area contributed by atoms with Crippen LogP contribution in [0.1, 0.15) is 33.6 Å². The molecule has 0 aromatic heterocycles. The summed E-state index contributed by atoms with van der Waals surface area (Å²) in [6.45, 7) is 6.46. The van der Waals surface area contributed by atoms with E-state index in [0.717, 1.165) is 12.8 Å². The second-order valence-electron chi connectivity index (χ2n) is 4.38. The summed E-state index contributed by atoms with van der Waals surface area (Å²) in [7, 11) is 0. The fourth-order valence-electron chi connectivity index (χ4n) is 3.23. The van der Waals surface area contributed by atoms with Gasteiger partial charge in [0, 0.05) is 12.3 Å². The van der Waals surface area contributed by atoms with Crippen LogP contribution in [0, 0.1) is 11.8 Å². The van der Waals surface area contributed by atoms with E-state index in [-0.39, 0.29) is 17.8 Å². The summed E-state index contributed by atoms with van der Waals surface area (Å²) in [6, 6.07) is 0. The van der Waals surface area contributed by atoms with Crippen LogP contribution >= 0.6 is 0 Å². The van der Waals surface area contributed by atoms with Gasteiger partial charge in [-0.1, -0.05) is 13.8 Å². The highest BCUT2D eigenvalue weighted by atomic mass is 16.5. The van der Waals surface area contributed by atoms with Gasteiger partial charge >= 0.3 is 0 Å². The zero-order valence-corrected chi connectivity index (χ0v) is 8.08. The van der Waals surface area contributed by atoms with Crippen LogP contribution in [0.5, 0.6) is 0 Å². The van der Waals surface area contributed by atoms with E-state index in [0.29, 0.717) is 11.8 Å². The van der Waals surface area contributed by atoms with Crippen LogP contribution in [0.4, 0.5) is 0 Å². The quantitative estimate of drug-likeness (QED) is 0.647. The molecule has 0 amide bonds. The Bertz CT molecular complexity index is 178. The van der Waals surface area contributed by atoms with Crippen LogP contribution in [0.2, 0.25) is 0 Å². The first kappa shape index (κ1) is 8.52. The van der Waals surface area contributed by atoms with Crippen LogP contribution in [0.15, 0.2) is 0 Å². The predicted octanol–water partition coefficient (Wildman–Crippen LogP) is 1.57. The van der Waals surface area contributed by atoms with Crippen LogP contribution in [0.3, 0.4) is 0 Å². The Hall–Kier alpha value is -0.0800. The first-order valence-corrected chi connectivity index (χ1v) is 4.96.